The van der Waals surface area contributed by atoms with E-state index in [9.17, 15) is 10.2 Å². The maximum Gasteiger partial charge on any atom is 0.106 e. The number of rotatable bonds is 7. The van der Waals surface area contributed by atoms with E-state index in [1.54, 1.807) is 25.7 Å². The SMILES string of the molecule is CC(O)NCCCN(C(C)O)C(C)O. The summed E-state index contributed by atoms with van der Waals surface area (Å²) in [6, 6.07) is 0. The van der Waals surface area contributed by atoms with Crippen LogP contribution in [0.5, 0.6) is 0 Å². The number of aliphatic hydroxyl groups is 3. The summed E-state index contributed by atoms with van der Waals surface area (Å²) < 4.78 is 0. The Labute approximate surface area is 85.4 Å². The van der Waals surface area contributed by atoms with Crippen molar-refractivity contribution in [1.29, 1.82) is 0 Å². The first-order chi connectivity index (χ1) is 6.45. The molecule has 0 aliphatic heterocycles. The first-order valence-electron chi connectivity index (χ1n) is 4.98. The molecule has 0 saturated carbocycles. The van der Waals surface area contributed by atoms with Crippen LogP contribution in [-0.2, 0) is 0 Å². The third-order valence-electron chi connectivity index (χ3n) is 1.99. The minimum absolute atomic E-state index is 0.512. The molecule has 0 aliphatic rings. The Hall–Kier alpha value is -0.200. The summed E-state index contributed by atoms with van der Waals surface area (Å²) >= 11 is 0. The van der Waals surface area contributed by atoms with Gasteiger partial charge in [-0.05, 0) is 33.7 Å². The van der Waals surface area contributed by atoms with Gasteiger partial charge in [0.25, 0.3) is 0 Å². The molecule has 5 nitrogen and oxygen atoms in total. The van der Waals surface area contributed by atoms with Gasteiger partial charge in [-0.3, -0.25) is 10.2 Å². The van der Waals surface area contributed by atoms with Gasteiger partial charge >= 0.3 is 0 Å². The highest BCUT2D eigenvalue weighted by molar-refractivity contribution is 4.60. The van der Waals surface area contributed by atoms with Gasteiger partial charge in [0, 0.05) is 6.54 Å². The summed E-state index contributed by atoms with van der Waals surface area (Å²) in [5, 5.41) is 30.3. The minimum atomic E-state index is -0.651. The number of aliphatic hydroxyl groups excluding tert-OH is 3. The quantitative estimate of drug-likeness (QED) is 0.327. The van der Waals surface area contributed by atoms with Crippen molar-refractivity contribution in [3.8, 4) is 0 Å². The molecule has 5 heteroatoms. The maximum atomic E-state index is 9.29. The maximum absolute atomic E-state index is 9.29. The molecule has 0 aliphatic carbocycles. The summed E-state index contributed by atoms with van der Waals surface area (Å²) in [7, 11) is 0. The summed E-state index contributed by atoms with van der Waals surface area (Å²) in [4.78, 5) is 1.57. The summed E-state index contributed by atoms with van der Waals surface area (Å²) in [6.07, 6.45) is -1.05. The van der Waals surface area contributed by atoms with Crippen molar-refractivity contribution >= 4 is 0 Å². The van der Waals surface area contributed by atoms with Crippen LogP contribution in [0, 0.1) is 0 Å². The minimum Gasteiger partial charge on any atom is -0.379 e. The number of nitrogens with zero attached hydrogens (tertiary/aromatic N) is 1. The Morgan fingerprint density at radius 2 is 1.57 bits per heavy atom. The van der Waals surface area contributed by atoms with Gasteiger partial charge in [0.05, 0.1) is 0 Å². The average Bonchev–Trinajstić information content (AvgIpc) is 2.01. The Balaban J connectivity index is 3.62. The van der Waals surface area contributed by atoms with Crippen molar-refractivity contribution < 1.29 is 15.3 Å². The van der Waals surface area contributed by atoms with Crippen LogP contribution < -0.4 is 5.32 Å². The van der Waals surface area contributed by atoms with Crippen LogP contribution in [0.3, 0.4) is 0 Å². The van der Waals surface area contributed by atoms with E-state index in [2.05, 4.69) is 5.32 Å². The number of hydrogen-bond acceptors (Lipinski definition) is 5. The molecule has 3 atom stereocenters. The zero-order valence-electron chi connectivity index (χ0n) is 9.14. The van der Waals surface area contributed by atoms with Gasteiger partial charge in [-0.2, -0.15) is 0 Å². The lowest BCUT2D eigenvalue weighted by molar-refractivity contribution is -0.0843. The van der Waals surface area contributed by atoms with Crippen molar-refractivity contribution in [1.82, 2.24) is 10.2 Å². The van der Waals surface area contributed by atoms with E-state index in [1.807, 2.05) is 0 Å². The van der Waals surface area contributed by atoms with Gasteiger partial charge in [-0.25, -0.2) is 0 Å². The van der Waals surface area contributed by atoms with Crippen molar-refractivity contribution in [3.63, 3.8) is 0 Å². The lowest BCUT2D eigenvalue weighted by Crippen LogP contribution is -2.41. The van der Waals surface area contributed by atoms with Gasteiger partial charge in [0.2, 0.25) is 0 Å². The Morgan fingerprint density at radius 1 is 1.07 bits per heavy atom. The van der Waals surface area contributed by atoms with Crippen LogP contribution in [0.25, 0.3) is 0 Å². The number of nitrogens with one attached hydrogen (secondary N) is 1. The Morgan fingerprint density at radius 3 is 1.93 bits per heavy atom. The molecule has 4 N–H and O–H groups in total. The highest BCUT2D eigenvalue weighted by Gasteiger charge is 2.14. The van der Waals surface area contributed by atoms with E-state index < -0.39 is 18.7 Å². The first-order valence-corrected chi connectivity index (χ1v) is 4.98. The Bertz CT molecular complexity index is 132. The van der Waals surface area contributed by atoms with Gasteiger partial charge in [0.15, 0.2) is 0 Å². The second-order valence-corrected chi connectivity index (χ2v) is 3.49. The van der Waals surface area contributed by atoms with Gasteiger partial charge < -0.3 is 15.3 Å². The summed E-state index contributed by atoms with van der Waals surface area (Å²) in [6.45, 7) is 6.15. The fourth-order valence-electron chi connectivity index (χ4n) is 1.26. The molecule has 0 aromatic rings. The van der Waals surface area contributed by atoms with Crippen LogP contribution in [0.15, 0.2) is 0 Å². The van der Waals surface area contributed by atoms with E-state index in [-0.39, 0.29) is 0 Å². The molecule has 3 unspecified atom stereocenters. The topological polar surface area (TPSA) is 76.0 Å². The van der Waals surface area contributed by atoms with E-state index in [1.165, 1.54) is 0 Å². The van der Waals surface area contributed by atoms with Crippen LogP contribution in [0.1, 0.15) is 27.2 Å². The Kier molecular flexibility index (Phi) is 7.04. The highest BCUT2D eigenvalue weighted by Crippen LogP contribution is 2.01. The van der Waals surface area contributed by atoms with E-state index >= 15 is 0 Å². The normalized spacial score (nSPS) is 18.2. The summed E-state index contributed by atoms with van der Waals surface area (Å²) in [5.74, 6) is 0. The lowest BCUT2D eigenvalue weighted by Gasteiger charge is -2.28. The monoisotopic (exact) mass is 206 g/mol. The molecule has 0 fully saturated rings. The lowest BCUT2D eigenvalue weighted by atomic mass is 10.3. The molecular formula is C9H22N2O3. The largest absolute Gasteiger partial charge is 0.379 e. The highest BCUT2D eigenvalue weighted by atomic mass is 16.3. The third-order valence-corrected chi connectivity index (χ3v) is 1.99. The summed E-state index contributed by atoms with van der Waals surface area (Å²) in [5.41, 5.74) is 0. The second-order valence-electron chi connectivity index (χ2n) is 3.49. The van der Waals surface area contributed by atoms with Crippen molar-refractivity contribution in [2.75, 3.05) is 13.1 Å². The van der Waals surface area contributed by atoms with Crippen LogP contribution in [0.2, 0.25) is 0 Å². The molecule has 0 aromatic heterocycles. The zero-order valence-corrected chi connectivity index (χ0v) is 9.14. The molecule has 0 amide bonds. The van der Waals surface area contributed by atoms with Gasteiger partial charge in [-0.1, -0.05) is 0 Å². The smallest absolute Gasteiger partial charge is 0.106 e. The van der Waals surface area contributed by atoms with Gasteiger partial charge in [-0.15, -0.1) is 0 Å². The van der Waals surface area contributed by atoms with Crippen molar-refractivity contribution in [2.45, 2.75) is 45.9 Å². The average molecular weight is 206 g/mol. The molecule has 0 spiro atoms. The van der Waals surface area contributed by atoms with Crippen LogP contribution in [-0.4, -0.2) is 52.0 Å². The molecular weight excluding hydrogens is 184 g/mol. The molecule has 0 bridgehead atoms. The predicted octanol–water partition coefficient (Wildman–Crippen LogP) is -0.717. The number of hydrogen-bond donors (Lipinski definition) is 4. The zero-order chi connectivity index (χ0) is 11.1. The van der Waals surface area contributed by atoms with Crippen molar-refractivity contribution in [3.05, 3.63) is 0 Å². The molecule has 0 rings (SSSR count). The third kappa shape index (κ3) is 6.28. The molecule has 0 heterocycles. The molecule has 0 saturated heterocycles. The first kappa shape index (κ1) is 13.8. The van der Waals surface area contributed by atoms with E-state index in [4.69, 9.17) is 5.11 Å². The van der Waals surface area contributed by atoms with E-state index in [0.29, 0.717) is 13.1 Å². The fourth-order valence-corrected chi connectivity index (χ4v) is 1.26. The molecule has 14 heavy (non-hydrogen) atoms. The van der Waals surface area contributed by atoms with E-state index in [0.717, 1.165) is 6.42 Å². The molecule has 86 valence electrons. The van der Waals surface area contributed by atoms with Gasteiger partial charge in [0.1, 0.15) is 18.7 Å². The van der Waals surface area contributed by atoms with Crippen molar-refractivity contribution in [2.24, 2.45) is 0 Å². The molecule has 0 radical (unpaired) electrons. The van der Waals surface area contributed by atoms with Crippen LogP contribution in [0.4, 0.5) is 0 Å². The predicted molar refractivity (Wildman–Crippen MR) is 54.4 cm³/mol. The second kappa shape index (κ2) is 7.14. The molecule has 0 aromatic carbocycles. The fraction of sp³-hybridized carbons (Fsp3) is 1.00. The standard InChI is InChI=1S/C9H22N2O3/c1-7(12)10-5-4-6-11(8(2)13)9(3)14/h7-10,12-14H,4-6H2,1-3H3. The van der Waals surface area contributed by atoms with Crippen LogP contribution >= 0.6 is 0 Å².